The first-order valence-corrected chi connectivity index (χ1v) is 7.31. The van der Waals surface area contributed by atoms with Crippen molar-refractivity contribution in [2.75, 3.05) is 13.2 Å². The number of fused-ring (bicyclic) bond motifs is 1. The van der Waals surface area contributed by atoms with Crippen LogP contribution in [0.15, 0.2) is 17.8 Å². The first-order valence-electron chi connectivity index (χ1n) is 6.43. The first-order chi connectivity index (χ1) is 8.70. The quantitative estimate of drug-likeness (QED) is 0.838. The summed E-state index contributed by atoms with van der Waals surface area (Å²) in [4.78, 5) is 5.62. The van der Waals surface area contributed by atoms with E-state index in [0.717, 1.165) is 30.4 Å². The highest BCUT2D eigenvalue weighted by Gasteiger charge is 2.13. The predicted molar refractivity (Wildman–Crippen MR) is 75.0 cm³/mol. The summed E-state index contributed by atoms with van der Waals surface area (Å²) in [6, 6.07) is 0.379. The molecule has 1 atom stereocenters. The Bertz CT molecular complexity index is 449. The second-order valence-electron chi connectivity index (χ2n) is 4.72. The largest absolute Gasteiger partial charge is 0.380 e. The summed E-state index contributed by atoms with van der Waals surface area (Å²) < 4.78 is 7.57. The Hall–Kier alpha value is -0.910. The van der Waals surface area contributed by atoms with Crippen molar-refractivity contribution in [3.8, 4) is 0 Å². The SMILES string of the molecule is CCOCC(NCc1cn2ccsc2n1)C(C)C. The van der Waals surface area contributed by atoms with Gasteiger partial charge in [-0.3, -0.25) is 4.40 Å². The number of rotatable bonds is 7. The van der Waals surface area contributed by atoms with Gasteiger partial charge in [0, 0.05) is 37.0 Å². The zero-order valence-electron chi connectivity index (χ0n) is 11.2. The van der Waals surface area contributed by atoms with Crippen molar-refractivity contribution in [3.05, 3.63) is 23.5 Å². The van der Waals surface area contributed by atoms with Crippen LogP contribution in [0.1, 0.15) is 26.5 Å². The second kappa shape index (κ2) is 6.31. The minimum absolute atomic E-state index is 0.379. The van der Waals surface area contributed by atoms with Gasteiger partial charge < -0.3 is 10.1 Å². The van der Waals surface area contributed by atoms with Crippen LogP contribution < -0.4 is 5.32 Å². The molecule has 1 N–H and O–H groups in total. The Balaban J connectivity index is 1.90. The highest BCUT2D eigenvalue weighted by Crippen LogP contribution is 2.12. The standard InChI is InChI=1S/C13H21N3OS/c1-4-17-9-12(10(2)3)14-7-11-8-16-5-6-18-13(16)15-11/h5-6,8,10,12,14H,4,7,9H2,1-3H3. The fourth-order valence-electron chi connectivity index (χ4n) is 1.83. The minimum atomic E-state index is 0.379. The van der Waals surface area contributed by atoms with Crippen molar-refractivity contribution in [1.82, 2.24) is 14.7 Å². The summed E-state index contributed by atoms with van der Waals surface area (Å²) in [5.41, 5.74) is 1.09. The van der Waals surface area contributed by atoms with Gasteiger partial charge in [0.05, 0.1) is 12.3 Å². The van der Waals surface area contributed by atoms with Crippen LogP contribution in [0.4, 0.5) is 0 Å². The van der Waals surface area contributed by atoms with Gasteiger partial charge in [0.2, 0.25) is 0 Å². The molecule has 0 aromatic carbocycles. The number of nitrogens with zero attached hydrogens (tertiary/aromatic N) is 2. The van der Waals surface area contributed by atoms with E-state index in [4.69, 9.17) is 4.74 Å². The molecule has 0 aliphatic rings. The highest BCUT2D eigenvalue weighted by molar-refractivity contribution is 7.15. The molecule has 2 rings (SSSR count). The fourth-order valence-corrected chi connectivity index (χ4v) is 2.55. The van der Waals surface area contributed by atoms with Crippen LogP contribution in [0.5, 0.6) is 0 Å². The van der Waals surface area contributed by atoms with Gasteiger partial charge in [0.1, 0.15) is 0 Å². The molecule has 2 heterocycles. The topological polar surface area (TPSA) is 38.6 Å². The van der Waals surface area contributed by atoms with Gasteiger partial charge in [-0.2, -0.15) is 0 Å². The molecule has 2 aromatic rings. The third kappa shape index (κ3) is 3.31. The van der Waals surface area contributed by atoms with Crippen LogP contribution in [-0.4, -0.2) is 28.6 Å². The molecular formula is C13H21N3OS. The van der Waals surface area contributed by atoms with E-state index in [9.17, 15) is 0 Å². The van der Waals surface area contributed by atoms with Crippen LogP contribution in [0, 0.1) is 5.92 Å². The summed E-state index contributed by atoms with van der Waals surface area (Å²) in [5, 5.41) is 5.57. The van der Waals surface area contributed by atoms with E-state index in [1.807, 2.05) is 18.5 Å². The van der Waals surface area contributed by atoms with Crippen molar-refractivity contribution in [3.63, 3.8) is 0 Å². The molecule has 0 saturated heterocycles. The molecule has 0 aliphatic carbocycles. The Morgan fingerprint density at radius 3 is 3.00 bits per heavy atom. The zero-order valence-corrected chi connectivity index (χ0v) is 12.0. The van der Waals surface area contributed by atoms with E-state index in [0.29, 0.717) is 12.0 Å². The predicted octanol–water partition coefficient (Wildman–Crippen LogP) is 2.55. The number of ether oxygens (including phenoxy) is 1. The maximum Gasteiger partial charge on any atom is 0.193 e. The summed E-state index contributed by atoms with van der Waals surface area (Å²) in [5.74, 6) is 0.556. The maximum absolute atomic E-state index is 5.50. The first kappa shape index (κ1) is 13.5. The summed E-state index contributed by atoms with van der Waals surface area (Å²) in [7, 11) is 0. The molecule has 5 heteroatoms. The van der Waals surface area contributed by atoms with E-state index in [-0.39, 0.29) is 0 Å². The van der Waals surface area contributed by atoms with E-state index in [1.54, 1.807) is 11.3 Å². The van der Waals surface area contributed by atoms with E-state index >= 15 is 0 Å². The number of thiazole rings is 1. The number of aromatic nitrogens is 2. The second-order valence-corrected chi connectivity index (χ2v) is 5.59. The minimum Gasteiger partial charge on any atom is -0.380 e. The summed E-state index contributed by atoms with van der Waals surface area (Å²) >= 11 is 1.66. The molecule has 0 fully saturated rings. The van der Waals surface area contributed by atoms with Crippen LogP contribution in [0.2, 0.25) is 0 Å². The van der Waals surface area contributed by atoms with Crippen LogP contribution in [-0.2, 0) is 11.3 Å². The van der Waals surface area contributed by atoms with Crippen molar-refractivity contribution < 1.29 is 4.74 Å². The lowest BCUT2D eigenvalue weighted by molar-refractivity contribution is 0.107. The number of nitrogens with one attached hydrogen (secondary N) is 1. The molecule has 1 unspecified atom stereocenters. The summed E-state index contributed by atoms with van der Waals surface area (Å²) in [6.45, 7) is 8.78. The molecule has 0 bridgehead atoms. The highest BCUT2D eigenvalue weighted by atomic mass is 32.1. The Morgan fingerprint density at radius 2 is 2.33 bits per heavy atom. The molecule has 0 radical (unpaired) electrons. The average Bonchev–Trinajstić information content (AvgIpc) is 2.88. The van der Waals surface area contributed by atoms with Crippen LogP contribution in [0.3, 0.4) is 0 Å². The van der Waals surface area contributed by atoms with Crippen LogP contribution in [0.25, 0.3) is 4.96 Å². The molecule has 18 heavy (non-hydrogen) atoms. The number of imidazole rings is 1. The van der Waals surface area contributed by atoms with Gasteiger partial charge in [0.15, 0.2) is 4.96 Å². The third-order valence-electron chi connectivity index (χ3n) is 2.99. The number of hydrogen-bond acceptors (Lipinski definition) is 4. The van der Waals surface area contributed by atoms with Gasteiger partial charge in [-0.05, 0) is 12.8 Å². The van der Waals surface area contributed by atoms with Gasteiger partial charge in [-0.15, -0.1) is 11.3 Å². The fraction of sp³-hybridized carbons (Fsp3) is 0.615. The molecule has 100 valence electrons. The molecular weight excluding hydrogens is 246 g/mol. The van der Waals surface area contributed by atoms with Crippen molar-refractivity contribution in [2.45, 2.75) is 33.4 Å². The van der Waals surface area contributed by atoms with Crippen LogP contribution >= 0.6 is 11.3 Å². The molecule has 2 aromatic heterocycles. The van der Waals surface area contributed by atoms with Gasteiger partial charge in [-0.1, -0.05) is 13.8 Å². The Labute approximate surface area is 112 Å². The molecule has 0 saturated carbocycles. The third-order valence-corrected chi connectivity index (χ3v) is 3.77. The van der Waals surface area contributed by atoms with Crippen molar-refractivity contribution in [1.29, 1.82) is 0 Å². The average molecular weight is 267 g/mol. The lowest BCUT2D eigenvalue weighted by Gasteiger charge is -2.21. The van der Waals surface area contributed by atoms with Gasteiger partial charge in [0.25, 0.3) is 0 Å². The van der Waals surface area contributed by atoms with Gasteiger partial charge in [-0.25, -0.2) is 4.98 Å². The number of hydrogen-bond donors (Lipinski definition) is 1. The molecule has 0 aliphatic heterocycles. The molecule has 0 spiro atoms. The van der Waals surface area contributed by atoms with E-state index in [1.165, 1.54) is 0 Å². The Morgan fingerprint density at radius 1 is 1.50 bits per heavy atom. The zero-order chi connectivity index (χ0) is 13.0. The molecule has 4 nitrogen and oxygen atoms in total. The maximum atomic E-state index is 5.50. The van der Waals surface area contributed by atoms with Crippen molar-refractivity contribution in [2.24, 2.45) is 5.92 Å². The molecule has 0 amide bonds. The van der Waals surface area contributed by atoms with E-state index in [2.05, 4.69) is 34.7 Å². The lowest BCUT2D eigenvalue weighted by atomic mass is 10.1. The normalized spacial score (nSPS) is 13.6. The Kier molecular flexibility index (Phi) is 4.74. The van der Waals surface area contributed by atoms with Gasteiger partial charge >= 0.3 is 0 Å². The van der Waals surface area contributed by atoms with Crippen molar-refractivity contribution >= 4 is 16.3 Å². The summed E-state index contributed by atoms with van der Waals surface area (Å²) in [6.07, 6.45) is 4.12. The lowest BCUT2D eigenvalue weighted by Crippen LogP contribution is -2.37. The monoisotopic (exact) mass is 267 g/mol. The smallest absolute Gasteiger partial charge is 0.193 e. The van der Waals surface area contributed by atoms with E-state index < -0.39 is 0 Å².